The van der Waals surface area contributed by atoms with Crippen LogP contribution in [-0.2, 0) is 11.3 Å². The minimum Gasteiger partial charge on any atom is -0.508 e. The van der Waals surface area contributed by atoms with Crippen LogP contribution in [0.3, 0.4) is 0 Å². The van der Waals surface area contributed by atoms with E-state index in [2.05, 4.69) is 4.90 Å². The van der Waals surface area contributed by atoms with Crippen LogP contribution in [0.2, 0.25) is 0 Å². The number of carboxylic acid groups (broad SMARTS) is 1. The molecular formula is C13H17NO3. The molecule has 0 amide bonds. The Morgan fingerprint density at radius 2 is 2.06 bits per heavy atom. The summed E-state index contributed by atoms with van der Waals surface area (Å²) in [4.78, 5) is 12.7. The number of carbonyl (C=O) groups is 1. The second-order valence-corrected chi connectivity index (χ2v) is 4.47. The van der Waals surface area contributed by atoms with E-state index in [1.807, 2.05) is 12.1 Å². The Bertz CT molecular complexity index is 401. The van der Waals surface area contributed by atoms with Crippen molar-refractivity contribution in [1.29, 1.82) is 0 Å². The van der Waals surface area contributed by atoms with E-state index in [0.717, 1.165) is 18.4 Å². The number of aliphatic carboxylic acids is 1. The van der Waals surface area contributed by atoms with E-state index in [4.69, 9.17) is 5.11 Å². The molecule has 17 heavy (non-hydrogen) atoms. The first kappa shape index (κ1) is 11.9. The average Bonchev–Trinajstić information content (AvgIpc) is 3.10. The molecule has 1 aliphatic rings. The summed E-state index contributed by atoms with van der Waals surface area (Å²) in [5.74, 6) is -0.485. The van der Waals surface area contributed by atoms with E-state index in [1.165, 1.54) is 0 Å². The third-order valence-corrected chi connectivity index (χ3v) is 3.04. The number of phenolic OH excluding ortho intramolecular Hbond substituents is 1. The predicted octanol–water partition coefficient (Wildman–Crippen LogP) is 1.83. The number of benzene rings is 1. The average molecular weight is 235 g/mol. The van der Waals surface area contributed by atoms with Crippen molar-refractivity contribution in [3.63, 3.8) is 0 Å². The summed E-state index contributed by atoms with van der Waals surface area (Å²) in [7, 11) is 0. The van der Waals surface area contributed by atoms with Gasteiger partial charge in [-0.2, -0.15) is 0 Å². The molecule has 1 saturated carbocycles. The smallest absolute Gasteiger partial charge is 0.304 e. The molecule has 1 aromatic rings. The highest BCUT2D eigenvalue weighted by Crippen LogP contribution is 2.30. The molecule has 1 aromatic carbocycles. The van der Waals surface area contributed by atoms with Gasteiger partial charge in [0, 0.05) is 24.7 Å². The van der Waals surface area contributed by atoms with E-state index >= 15 is 0 Å². The van der Waals surface area contributed by atoms with Crippen LogP contribution in [0.4, 0.5) is 0 Å². The van der Waals surface area contributed by atoms with Crippen LogP contribution >= 0.6 is 0 Å². The zero-order valence-electron chi connectivity index (χ0n) is 9.67. The molecule has 92 valence electrons. The highest BCUT2D eigenvalue weighted by molar-refractivity contribution is 5.66. The summed E-state index contributed by atoms with van der Waals surface area (Å²) < 4.78 is 0. The second-order valence-electron chi connectivity index (χ2n) is 4.47. The topological polar surface area (TPSA) is 60.8 Å². The fraction of sp³-hybridized carbons (Fsp3) is 0.462. The third-order valence-electron chi connectivity index (χ3n) is 3.04. The normalized spacial score (nSPS) is 15.1. The Labute approximate surface area is 100 Å². The summed E-state index contributed by atoms with van der Waals surface area (Å²) in [5, 5.41) is 18.4. The summed E-state index contributed by atoms with van der Waals surface area (Å²) in [6.07, 6.45) is 2.42. The maximum Gasteiger partial charge on any atom is 0.304 e. The molecule has 0 atom stereocenters. The summed E-state index contributed by atoms with van der Waals surface area (Å²) >= 11 is 0. The first-order valence-electron chi connectivity index (χ1n) is 5.89. The molecule has 2 rings (SSSR count). The lowest BCUT2D eigenvalue weighted by Crippen LogP contribution is -2.28. The molecule has 4 nitrogen and oxygen atoms in total. The van der Waals surface area contributed by atoms with Crippen LogP contribution in [0.25, 0.3) is 0 Å². The maximum absolute atomic E-state index is 10.6. The Hall–Kier alpha value is -1.55. The molecule has 0 heterocycles. The maximum atomic E-state index is 10.6. The van der Waals surface area contributed by atoms with E-state index in [0.29, 0.717) is 19.1 Å². The van der Waals surface area contributed by atoms with Crippen LogP contribution in [0, 0.1) is 0 Å². The van der Waals surface area contributed by atoms with Crippen LogP contribution in [-0.4, -0.2) is 33.7 Å². The highest BCUT2D eigenvalue weighted by Gasteiger charge is 2.29. The first-order valence-corrected chi connectivity index (χ1v) is 5.89. The van der Waals surface area contributed by atoms with E-state index in [-0.39, 0.29) is 12.2 Å². The number of rotatable bonds is 6. The molecule has 0 spiro atoms. The van der Waals surface area contributed by atoms with Crippen molar-refractivity contribution in [2.45, 2.75) is 31.8 Å². The van der Waals surface area contributed by atoms with Crippen molar-refractivity contribution in [2.75, 3.05) is 6.54 Å². The summed E-state index contributed by atoms with van der Waals surface area (Å²) in [5.41, 5.74) is 0.866. The van der Waals surface area contributed by atoms with Gasteiger partial charge >= 0.3 is 5.97 Å². The standard InChI is InChI=1S/C13H17NO3/c15-12-4-2-1-3-10(12)9-14(11-5-6-11)8-7-13(16)17/h1-4,11,15H,5-9H2,(H,16,17). The Morgan fingerprint density at radius 1 is 1.35 bits per heavy atom. The quantitative estimate of drug-likeness (QED) is 0.789. The van der Waals surface area contributed by atoms with Gasteiger partial charge in [0.05, 0.1) is 6.42 Å². The molecule has 0 aromatic heterocycles. The number of nitrogens with zero attached hydrogens (tertiary/aromatic N) is 1. The van der Waals surface area contributed by atoms with Gasteiger partial charge in [0.2, 0.25) is 0 Å². The van der Waals surface area contributed by atoms with Gasteiger partial charge in [-0.1, -0.05) is 18.2 Å². The summed E-state index contributed by atoms with van der Waals surface area (Å²) in [6.45, 7) is 1.18. The fourth-order valence-corrected chi connectivity index (χ4v) is 1.93. The van der Waals surface area contributed by atoms with E-state index in [1.54, 1.807) is 12.1 Å². The molecule has 2 N–H and O–H groups in total. The van der Waals surface area contributed by atoms with Crippen LogP contribution in [0.15, 0.2) is 24.3 Å². The lowest BCUT2D eigenvalue weighted by molar-refractivity contribution is -0.137. The van der Waals surface area contributed by atoms with Gasteiger partial charge in [0.25, 0.3) is 0 Å². The lowest BCUT2D eigenvalue weighted by atomic mass is 10.2. The van der Waals surface area contributed by atoms with Crippen molar-refractivity contribution in [1.82, 2.24) is 4.90 Å². The number of phenols is 1. The van der Waals surface area contributed by atoms with Gasteiger partial charge in [-0.05, 0) is 18.9 Å². The number of hydrogen-bond acceptors (Lipinski definition) is 3. The van der Waals surface area contributed by atoms with Gasteiger partial charge in [0.1, 0.15) is 5.75 Å². The Morgan fingerprint density at radius 3 is 2.65 bits per heavy atom. The third kappa shape index (κ3) is 3.46. The van der Waals surface area contributed by atoms with Gasteiger partial charge in [-0.3, -0.25) is 9.69 Å². The second kappa shape index (κ2) is 5.19. The summed E-state index contributed by atoms with van der Waals surface area (Å²) in [6, 6.07) is 7.71. The van der Waals surface area contributed by atoms with Crippen molar-refractivity contribution in [3.8, 4) is 5.75 Å². The Balaban J connectivity index is 1.97. The van der Waals surface area contributed by atoms with Gasteiger partial charge in [-0.15, -0.1) is 0 Å². The Kier molecular flexibility index (Phi) is 3.64. The predicted molar refractivity (Wildman–Crippen MR) is 63.8 cm³/mol. The molecule has 0 aliphatic heterocycles. The molecule has 1 aliphatic carbocycles. The molecule has 0 saturated heterocycles. The molecule has 1 fully saturated rings. The molecule has 0 radical (unpaired) electrons. The SMILES string of the molecule is O=C(O)CCN(Cc1ccccc1O)C1CC1. The number of carboxylic acids is 1. The lowest BCUT2D eigenvalue weighted by Gasteiger charge is -2.21. The zero-order chi connectivity index (χ0) is 12.3. The van der Waals surface area contributed by atoms with Crippen molar-refractivity contribution in [2.24, 2.45) is 0 Å². The van der Waals surface area contributed by atoms with Crippen LogP contribution in [0.5, 0.6) is 5.75 Å². The molecule has 0 unspecified atom stereocenters. The largest absolute Gasteiger partial charge is 0.508 e. The molecule has 4 heteroatoms. The van der Waals surface area contributed by atoms with Gasteiger partial charge in [-0.25, -0.2) is 0 Å². The highest BCUT2D eigenvalue weighted by atomic mass is 16.4. The van der Waals surface area contributed by atoms with E-state index < -0.39 is 5.97 Å². The minimum atomic E-state index is -0.770. The van der Waals surface area contributed by atoms with Crippen molar-refractivity contribution < 1.29 is 15.0 Å². The van der Waals surface area contributed by atoms with Gasteiger partial charge < -0.3 is 10.2 Å². The number of para-hydroxylation sites is 1. The zero-order valence-corrected chi connectivity index (χ0v) is 9.67. The fourth-order valence-electron chi connectivity index (χ4n) is 1.93. The van der Waals surface area contributed by atoms with E-state index in [9.17, 15) is 9.90 Å². The molecular weight excluding hydrogens is 218 g/mol. The van der Waals surface area contributed by atoms with Crippen LogP contribution < -0.4 is 0 Å². The first-order chi connectivity index (χ1) is 8.16. The van der Waals surface area contributed by atoms with Crippen molar-refractivity contribution in [3.05, 3.63) is 29.8 Å². The number of hydrogen-bond donors (Lipinski definition) is 2. The van der Waals surface area contributed by atoms with Crippen molar-refractivity contribution >= 4 is 5.97 Å². The monoisotopic (exact) mass is 235 g/mol. The molecule has 0 bridgehead atoms. The van der Waals surface area contributed by atoms with Gasteiger partial charge in [0.15, 0.2) is 0 Å². The minimum absolute atomic E-state index is 0.157. The van der Waals surface area contributed by atoms with Crippen LogP contribution in [0.1, 0.15) is 24.8 Å². The number of aromatic hydroxyl groups is 1.